The van der Waals surface area contributed by atoms with Crippen LogP contribution in [0.4, 0.5) is 0 Å². The highest BCUT2D eigenvalue weighted by Gasteiger charge is 2.19. The summed E-state index contributed by atoms with van der Waals surface area (Å²) in [6.07, 6.45) is 0. The van der Waals surface area contributed by atoms with Gasteiger partial charge in [0.15, 0.2) is 0 Å². The van der Waals surface area contributed by atoms with Gasteiger partial charge in [0.2, 0.25) is 5.91 Å². The summed E-state index contributed by atoms with van der Waals surface area (Å²) in [5.74, 6) is 0.115. The van der Waals surface area contributed by atoms with Crippen LogP contribution < -0.4 is 5.32 Å². The fraction of sp³-hybridized carbons (Fsp3) is 0.235. The van der Waals surface area contributed by atoms with Crippen molar-refractivity contribution in [1.29, 1.82) is 0 Å². The van der Waals surface area contributed by atoms with Crippen LogP contribution in [0.2, 0.25) is 5.02 Å². The molecule has 0 spiro atoms. The molecule has 5 heteroatoms. The lowest BCUT2D eigenvalue weighted by molar-refractivity contribution is -0.120. The summed E-state index contributed by atoms with van der Waals surface area (Å²) in [6.45, 7) is 2.12. The zero-order valence-corrected chi connectivity index (χ0v) is 13.9. The van der Waals surface area contributed by atoms with Gasteiger partial charge in [-0.15, -0.1) is 0 Å². The van der Waals surface area contributed by atoms with Crippen molar-refractivity contribution in [3.05, 3.63) is 70.7 Å². The number of halogens is 1. The van der Waals surface area contributed by atoms with Crippen molar-refractivity contribution in [3.63, 3.8) is 0 Å². The van der Waals surface area contributed by atoms with E-state index >= 15 is 0 Å². The molecule has 0 saturated carbocycles. The molecular formula is C17H18ClNO2S. The number of nitrogens with one attached hydrogen (secondary N) is 1. The molecule has 2 atom stereocenters. The third-order valence-electron chi connectivity index (χ3n) is 3.27. The second-order valence-electron chi connectivity index (χ2n) is 5.00. The van der Waals surface area contributed by atoms with Gasteiger partial charge in [0.25, 0.3) is 0 Å². The van der Waals surface area contributed by atoms with E-state index in [1.54, 1.807) is 19.1 Å². The van der Waals surface area contributed by atoms with Crippen LogP contribution in [0.15, 0.2) is 54.6 Å². The summed E-state index contributed by atoms with van der Waals surface area (Å²) in [5, 5.41) is 2.86. The van der Waals surface area contributed by atoms with Crippen LogP contribution in [0.5, 0.6) is 0 Å². The van der Waals surface area contributed by atoms with Crippen molar-refractivity contribution in [2.24, 2.45) is 0 Å². The lowest BCUT2D eigenvalue weighted by Gasteiger charge is -2.12. The second kappa shape index (κ2) is 8.11. The maximum atomic E-state index is 12.3. The Balaban J connectivity index is 1.88. The van der Waals surface area contributed by atoms with Gasteiger partial charge in [-0.05, 0) is 30.2 Å². The highest BCUT2D eigenvalue weighted by Crippen LogP contribution is 2.14. The predicted octanol–water partition coefficient (Wildman–Crippen LogP) is 3.29. The van der Waals surface area contributed by atoms with Crippen molar-refractivity contribution >= 4 is 28.3 Å². The number of hydrogen-bond acceptors (Lipinski definition) is 2. The van der Waals surface area contributed by atoms with Gasteiger partial charge in [-0.1, -0.05) is 54.1 Å². The Morgan fingerprint density at radius 2 is 1.82 bits per heavy atom. The fourth-order valence-corrected chi connectivity index (χ4v) is 3.26. The van der Waals surface area contributed by atoms with E-state index in [4.69, 9.17) is 11.6 Å². The van der Waals surface area contributed by atoms with E-state index in [0.717, 1.165) is 11.1 Å². The van der Waals surface area contributed by atoms with Crippen LogP contribution in [0.1, 0.15) is 18.1 Å². The maximum absolute atomic E-state index is 12.3. The Morgan fingerprint density at radius 3 is 2.50 bits per heavy atom. The molecule has 0 unspecified atom stereocenters. The number of benzene rings is 2. The van der Waals surface area contributed by atoms with E-state index in [9.17, 15) is 9.00 Å². The van der Waals surface area contributed by atoms with Crippen molar-refractivity contribution in [3.8, 4) is 0 Å². The predicted molar refractivity (Wildman–Crippen MR) is 91.0 cm³/mol. The van der Waals surface area contributed by atoms with E-state index in [2.05, 4.69) is 5.32 Å². The normalized spacial score (nSPS) is 13.4. The monoisotopic (exact) mass is 335 g/mol. The van der Waals surface area contributed by atoms with Gasteiger partial charge in [-0.3, -0.25) is 9.00 Å². The van der Waals surface area contributed by atoms with Crippen LogP contribution in [0.3, 0.4) is 0 Å². The molecule has 0 aliphatic carbocycles. The third-order valence-corrected chi connectivity index (χ3v) is 5.13. The van der Waals surface area contributed by atoms with E-state index in [1.165, 1.54) is 0 Å². The third kappa shape index (κ3) is 4.97. The largest absolute Gasteiger partial charge is 0.351 e. The van der Waals surface area contributed by atoms with E-state index in [0.29, 0.717) is 17.3 Å². The molecule has 0 saturated heterocycles. The van der Waals surface area contributed by atoms with Gasteiger partial charge >= 0.3 is 0 Å². The molecule has 0 aromatic heterocycles. The molecule has 2 rings (SSSR count). The SMILES string of the molecule is C[C@H](C(=O)NCc1ccccc1)[S@](=O)Cc1cccc(Cl)c1. The highest BCUT2D eigenvalue weighted by atomic mass is 35.5. The van der Waals surface area contributed by atoms with Crippen LogP contribution in [-0.2, 0) is 27.9 Å². The molecule has 2 aromatic rings. The molecule has 0 radical (unpaired) electrons. The van der Waals surface area contributed by atoms with E-state index in [-0.39, 0.29) is 5.91 Å². The molecule has 0 aliphatic rings. The Morgan fingerprint density at radius 1 is 1.14 bits per heavy atom. The first-order chi connectivity index (χ1) is 10.6. The van der Waals surface area contributed by atoms with E-state index < -0.39 is 16.0 Å². The average Bonchev–Trinajstić information content (AvgIpc) is 2.53. The standard InChI is InChI=1S/C17H18ClNO2S/c1-13(17(20)19-11-14-6-3-2-4-7-14)22(21)12-15-8-5-9-16(18)10-15/h2-10,13H,11-12H2,1H3,(H,19,20)/t13-,22-/m1/s1. The molecule has 1 amide bonds. The fourth-order valence-electron chi connectivity index (χ4n) is 1.96. The number of amides is 1. The molecular weight excluding hydrogens is 318 g/mol. The van der Waals surface area contributed by atoms with Crippen LogP contribution in [0, 0.1) is 0 Å². The van der Waals surface area contributed by atoms with Crippen molar-refractivity contribution in [2.45, 2.75) is 24.5 Å². The van der Waals surface area contributed by atoms with Crippen LogP contribution >= 0.6 is 11.6 Å². The van der Waals surface area contributed by atoms with Gasteiger partial charge in [-0.25, -0.2) is 0 Å². The number of carbonyl (C=O) groups excluding carboxylic acids is 1. The molecule has 116 valence electrons. The molecule has 0 aliphatic heterocycles. The second-order valence-corrected chi connectivity index (χ2v) is 7.19. The summed E-state index contributed by atoms with van der Waals surface area (Å²) in [7, 11) is -1.28. The van der Waals surface area contributed by atoms with Crippen molar-refractivity contribution < 1.29 is 9.00 Å². The first-order valence-electron chi connectivity index (χ1n) is 6.99. The van der Waals surface area contributed by atoms with Gasteiger partial charge in [-0.2, -0.15) is 0 Å². The Hall–Kier alpha value is -1.65. The quantitative estimate of drug-likeness (QED) is 0.880. The Labute approximate surface area is 138 Å². The summed E-state index contributed by atoms with van der Waals surface area (Å²) >= 11 is 5.91. The molecule has 2 aromatic carbocycles. The number of carbonyl (C=O) groups is 1. The summed E-state index contributed by atoms with van der Waals surface area (Å²) in [5.41, 5.74) is 1.89. The molecule has 0 bridgehead atoms. The summed E-state index contributed by atoms with van der Waals surface area (Å²) < 4.78 is 12.3. The molecule has 0 heterocycles. The number of rotatable bonds is 6. The van der Waals surface area contributed by atoms with Crippen LogP contribution in [-0.4, -0.2) is 15.4 Å². The minimum atomic E-state index is -1.28. The lowest BCUT2D eigenvalue weighted by Crippen LogP contribution is -2.35. The first kappa shape index (κ1) is 16.7. The van der Waals surface area contributed by atoms with Crippen LogP contribution in [0.25, 0.3) is 0 Å². The minimum absolute atomic E-state index is 0.204. The minimum Gasteiger partial charge on any atom is -0.351 e. The molecule has 22 heavy (non-hydrogen) atoms. The molecule has 1 N–H and O–H groups in total. The average molecular weight is 336 g/mol. The van der Waals surface area contributed by atoms with Crippen molar-refractivity contribution in [2.75, 3.05) is 0 Å². The smallest absolute Gasteiger partial charge is 0.235 e. The van der Waals surface area contributed by atoms with Gasteiger partial charge < -0.3 is 5.32 Å². The lowest BCUT2D eigenvalue weighted by atomic mass is 10.2. The van der Waals surface area contributed by atoms with Gasteiger partial charge in [0, 0.05) is 28.1 Å². The topological polar surface area (TPSA) is 46.2 Å². The zero-order valence-electron chi connectivity index (χ0n) is 12.3. The highest BCUT2D eigenvalue weighted by molar-refractivity contribution is 7.85. The summed E-state index contributed by atoms with van der Waals surface area (Å²) in [6, 6.07) is 16.9. The maximum Gasteiger partial charge on any atom is 0.235 e. The summed E-state index contributed by atoms with van der Waals surface area (Å²) in [4.78, 5) is 12.1. The van der Waals surface area contributed by atoms with Gasteiger partial charge in [0.05, 0.1) is 0 Å². The zero-order chi connectivity index (χ0) is 15.9. The Kier molecular flexibility index (Phi) is 6.16. The van der Waals surface area contributed by atoms with Gasteiger partial charge in [0.1, 0.15) is 5.25 Å². The van der Waals surface area contributed by atoms with E-state index in [1.807, 2.05) is 42.5 Å². The number of hydrogen-bond donors (Lipinski definition) is 1. The molecule has 3 nitrogen and oxygen atoms in total. The molecule has 0 fully saturated rings. The Bertz CT molecular complexity index is 661. The first-order valence-corrected chi connectivity index (χ1v) is 8.75. The van der Waals surface area contributed by atoms with Crippen molar-refractivity contribution in [1.82, 2.24) is 5.32 Å².